The summed E-state index contributed by atoms with van der Waals surface area (Å²) in [6, 6.07) is 5.94. The Morgan fingerprint density at radius 2 is 1.85 bits per heavy atom. The van der Waals surface area contributed by atoms with Gasteiger partial charge in [-0.15, -0.1) is 11.3 Å². The van der Waals surface area contributed by atoms with Crippen molar-refractivity contribution in [1.29, 1.82) is 0 Å². The molecule has 9 nitrogen and oxygen atoms in total. The van der Waals surface area contributed by atoms with Crippen molar-refractivity contribution in [3.8, 4) is 10.4 Å². The Balaban J connectivity index is 1.28. The summed E-state index contributed by atoms with van der Waals surface area (Å²) in [7, 11) is 0. The molecule has 216 valence electrons. The van der Waals surface area contributed by atoms with Crippen molar-refractivity contribution in [2.45, 2.75) is 84.0 Å². The molecule has 0 bridgehead atoms. The van der Waals surface area contributed by atoms with E-state index in [-0.39, 0.29) is 11.9 Å². The standard InChI is InChI=1S/C30H40N4O5S/c1-28(2,3)39-27(37)32-24-22(17-23(40-24)20-7-12-31-13-8-20)25(35)33-15-9-21(10-16-33)34-14-6-11-30(19-34)18-29(4,5)38-26(30)36/h7-8,12-13,17,21H,6,9-11,14-16,18-19H2,1-5H3,(H,32,37). The number of piperidine rings is 2. The predicted octanol–water partition coefficient (Wildman–Crippen LogP) is 5.57. The molecular formula is C30H40N4O5S. The molecule has 5 rings (SSSR count). The fraction of sp³-hybridized carbons (Fsp3) is 0.600. The number of cyclic esters (lactones) is 1. The Labute approximate surface area is 240 Å². The number of hydrogen-bond acceptors (Lipinski definition) is 8. The van der Waals surface area contributed by atoms with Crippen molar-refractivity contribution in [3.63, 3.8) is 0 Å². The van der Waals surface area contributed by atoms with E-state index in [2.05, 4.69) is 15.2 Å². The molecule has 1 unspecified atom stereocenters. The Morgan fingerprint density at radius 3 is 2.48 bits per heavy atom. The summed E-state index contributed by atoms with van der Waals surface area (Å²) < 4.78 is 11.2. The largest absolute Gasteiger partial charge is 0.459 e. The number of ether oxygens (including phenoxy) is 2. The van der Waals surface area contributed by atoms with Crippen molar-refractivity contribution in [2.75, 3.05) is 31.5 Å². The van der Waals surface area contributed by atoms with Gasteiger partial charge >= 0.3 is 12.1 Å². The number of nitrogens with one attached hydrogen (secondary N) is 1. The van der Waals surface area contributed by atoms with Crippen molar-refractivity contribution >= 4 is 34.3 Å². The number of esters is 1. The fourth-order valence-electron chi connectivity index (χ4n) is 6.37. The van der Waals surface area contributed by atoms with E-state index < -0.39 is 22.7 Å². The van der Waals surface area contributed by atoms with Gasteiger partial charge in [0.05, 0.1) is 11.0 Å². The topological polar surface area (TPSA) is 101 Å². The van der Waals surface area contributed by atoms with Gasteiger partial charge in [-0.2, -0.15) is 0 Å². The third kappa shape index (κ3) is 6.17. The Bertz CT molecular complexity index is 1260. The molecule has 3 saturated heterocycles. The first-order chi connectivity index (χ1) is 18.8. The average Bonchev–Trinajstić information content (AvgIpc) is 3.40. The van der Waals surface area contributed by atoms with Crippen LogP contribution in [0.15, 0.2) is 30.6 Å². The summed E-state index contributed by atoms with van der Waals surface area (Å²) >= 11 is 1.35. The molecule has 40 heavy (non-hydrogen) atoms. The van der Waals surface area contributed by atoms with E-state index in [4.69, 9.17) is 9.47 Å². The molecule has 2 aromatic rings. The van der Waals surface area contributed by atoms with E-state index >= 15 is 0 Å². The maximum atomic E-state index is 13.8. The van der Waals surface area contributed by atoms with Gasteiger partial charge in [-0.1, -0.05) is 0 Å². The van der Waals surface area contributed by atoms with Crippen LogP contribution in [0.4, 0.5) is 9.80 Å². The molecule has 3 aliphatic heterocycles. The predicted molar refractivity (Wildman–Crippen MR) is 154 cm³/mol. The first kappa shape index (κ1) is 28.5. The van der Waals surface area contributed by atoms with Crippen LogP contribution in [0.25, 0.3) is 10.4 Å². The minimum atomic E-state index is -0.653. The summed E-state index contributed by atoms with van der Waals surface area (Å²) in [4.78, 5) is 48.5. The number of rotatable bonds is 4. The summed E-state index contributed by atoms with van der Waals surface area (Å²) in [6.07, 6.45) is 7.14. The summed E-state index contributed by atoms with van der Waals surface area (Å²) in [5.41, 5.74) is -0.0704. The number of carbonyl (C=O) groups is 3. The van der Waals surface area contributed by atoms with Gasteiger partial charge in [-0.05, 0) is 90.6 Å². The van der Waals surface area contributed by atoms with Crippen LogP contribution in [0, 0.1) is 5.41 Å². The third-order valence-electron chi connectivity index (χ3n) is 7.98. The monoisotopic (exact) mass is 568 g/mol. The van der Waals surface area contributed by atoms with E-state index in [1.165, 1.54) is 11.3 Å². The van der Waals surface area contributed by atoms with Crippen LogP contribution in [0.5, 0.6) is 0 Å². The van der Waals surface area contributed by atoms with Gasteiger partial charge in [0.25, 0.3) is 5.91 Å². The van der Waals surface area contributed by atoms with Gasteiger partial charge in [-0.3, -0.25) is 24.8 Å². The molecule has 0 radical (unpaired) electrons. The zero-order valence-electron chi connectivity index (χ0n) is 24.1. The average molecular weight is 569 g/mol. The minimum absolute atomic E-state index is 0.0534. The van der Waals surface area contributed by atoms with Crippen molar-refractivity contribution in [3.05, 3.63) is 36.2 Å². The summed E-state index contributed by atoms with van der Waals surface area (Å²) in [6.45, 7) is 12.4. The molecule has 3 fully saturated rings. The van der Waals surface area contributed by atoms with E-state index in [9.17, 15) is 14.4 Å². The number of carbonyl (C=O) groups excluding carboxylic acids is 3. The van der Waals surface area contributed by atoms with Crippen LogP contribution >= 0.6 is 11.3 Å². The minimum Gasteiger partial charge on any atom is -0.459 e. The van der Waals surface area contributed by atoms with Crippen LogP contribution in [0.2, 0.25) is 0 Å². The molecule has 2 amide bonds. The summed E-state index contributed by atoms with van der Waals surface area (Å²) in [5, 5.41) is 3.30. The SMILES string of the molecule is CC(C)(C)OC(=O)Nc1sc(-c2ccncc2)cc1C(=O)N1CCC(N2CCCC3(C2)CC(C)(C)OC3=O)CC1. The van der Waals surface area contributed by atoms with E-state index in [1.54, 1.807) is 33.2 Å². The molecule has 0 aromatic carbocycles. The highest BCUT2D eigenvalue weighted by Gasteiger charge is 2.54. The highest BCUT2D eigenvalue weighted by Crippen LogP contribution is 2.47. The Hall–Kier alpha value is -2.98. The maximum absolute atomic E-state index is 13.8. The molecule has 0 saturated carbocycles. The second-order valence-corrected chi connectivity index (χ2v) is 14.0. The zero-order chi connectivity index (χ0) is 28.7. The molecule has 2 aromatic heterocycles. The lowest BCUT2D eigenvalue weighted by atomic mass is 9.74. The molecule has 1 atom stereocenters. The van der Waals surface area contributed by atoms with Gasteiger partial charge in [0.1, 0.15) is 16.2 Å². The zero-order valence-corrected chi connectivity index (χ0v) is 24.9. The Kier molecular flexibility index (Phi) is 7.69. The molecule has 0 aliphatic carbocycles. The van der Waals surface area contributed by atoms with Crippen molar-refractivity contribution in [2.24, 2.45) is 5.41 Å². The maximum Gasteiger partial charge on any atom is 0.412 e. The Morgan fingerprint density at radius 1 is 1.15 bits per heavy atom. The number of hydrogen-bond donors (Lipinski definition) is 1. The van der Waals surface area contributed by atoms with Crippen LogP contribution in [-0.4, -0.2) is 76.2 Å². The van der Waals surface area contributed by atoms with E-state index in [0.29, 0.717) is 29.7 Å². The molecule has 3 aliphatic rings. The second kappa shape index (κ2) is 10.8. The number of anilines is 1. The van der Waals surface area contributed by atoms with Gasteiger partial charge in [-0.25, -0.2) is 4.79 Å². The smallest absolute Gasteiger partial charge is 0.412 e. The highest BCUT2D eigenvalue weighted by atomic mass is 32.1. The fourth-order valence-corrected chi connectivity index (χ4v) is 7.42. The van der Waals surface area contributed by atoms with Gasteiger partial charge in [0, 0.05) is 49.4 Å². The lowest BCUT2D eigenvalue weighted by Crippen LogP contribution is -2.53. The van der Waals surface area contributed by atoms with Gasteiger partial charge in [0.2, 0.25) is 0 Å². The third-order valence-corrected chi connectivity index (χ3v) is 9.08. The number of thiophene rings is 1. The molecule has 10 heteroatoms. The number of pyridine rings is 1. The van der Waals surface area contributed by atoms with Crippen molar-refractivity contribution < 1.29 is 23.9 Å². The van der Waals surface area contributed by atoms with E-state index in [0.717, 1.165) is 55.6 Å². The number of nitrogens with zero attached hydrogens (tertiary/aromatic N) is 3. The van der Waals surface area contributed by atoms with Crippen molar-refractivity contribution in [1.82, 2.24) is 14.8 Å². The second-order valence-electron chi connectivity index (χ2n) is 12.9. The number of likely N-dealkylation sites (tertiary alicyclic amines) is 2. The molecule has 1 spiro atoms. The summed E-state index contributed by atoms with van der Waals surface area (Å²) in [5.74, 6) is -0.153. The molecule has 1 N–H and O–H groups in total. The van der Waals surface area contributed by atoms with Gasteiger partial charge in [0.15, 0.2) is 0 Å². The lowest BCUT2D eigenvalue weighted by molar-refractivity contribution is -0.154. The van der Waals surface area contributed by atoms with E-state index in [1.807, 2.05) is 36.9 Å². The van der Waals surface area contributed by atoms with Crippen LogP contribution < -0.4 is 5.32 Å². The number of aromatic nitrogens is 1. The normalized spacial score (nSPS) is 23.7. The van der Waals surface area contributed by atoms with Crippen LogP contribution in [0.3, 0.4) is 0 Å². The quantitative estimate of drug-likeness (QED) is 0.481. The lowest BCUT2D eigenvalue weighted by Gasteiger charge is -2.44. The highest BCUT2D eigenvalue weighted by molar-refractivity contribution is 7.20. The first-order valence-electron chi connectivity index (χ1n) is 14.2. The molecule has 5 heterocycles. The molecular weight excluding hydrogens is 528 g/mol. The van der Waals surface area contributed by atoms with Gasteiger partial charge < -0.3 is 14.4 Å². The number of amides is 2. The van der Waals surface area contributed by atoms with Crippen LogP contribution in [-0.2, 0) is 14.3 Å². The van der Waals surface area contributed by atoms with Crippen LogP contribution in [0.1, 0.15) is 77.1 Å². The first-order valence-corrected chi connectivity index (χ1v) is 15.0.